The van der Waals surface area contributed by atoms with E-state index in [0.29, 0.717) is 5.56 Å². The Morgan fingerprint density at radius 3 is 2.67 bits per heavy atom. The number of nitrogens with zero attached hydrogens (tertiary/aromatic N) is 2. The molecule has 3 rings (SSSR count). The molecule has 0 fully saturated rings. The average molecular weight is 309 g/mol. The second-order valence-electron chi connectivity index (χ2n) is 4.18. The highest BCUT2D eigenvalue weighted by Crippen LogP contribution is 2.33. The van der Waals surface area contributed by atoms with Gasteiger partial charge in [0.2, 0.25) is 5.82 Å². The summed E-state index contributed by atoms with van der Waals surface area (Å²) < 4.78 is 31.7. The Morgan fingerprint density at radius 2 is 1.95 bits per heavy atom. The second-order valence-corrected chi connectivity index (χ2v) is 4.59. The smallest absolute Gasteiger partial charge is 0.265 e. The van der Waals surface area contributed by atoms with Crippen LogP contribution in [0.2, 0.25) is 5.02 Å². The molecule has 0 atom stereocenters. The predicted octanol–water partition coefficient (Wildman–Crippen LogP) is 4.04. The van der Waals surface area contributed by atoms with E-state index < -0.39 is 11.6 Å². The van der Waals surface area contributed by atoms with Crippen molar-refractivity contribution in [1.82, 2.24) is 10.1 Å². The first-order chi connectivity index (χ1) is 10.1. The Kier molecular flexibility index (Phi) is 3.31. The van der Waals surface area contributed by atoms with Gasteiger partial charge in [-0.25, -0.2) is 8.78 Å². The van der Waals surface area contributed by atoms with E-state index in [1.807, 2.05) is 0 Å². The molecule has 0 saturated heterocycles. The minimum atomic E-state index is -0.699. The van der Waals surface area contributed by atoms with Gasteiger partial charge in [-0.3, -0.25) is 0 Å². The van der Waals surface area contributed by atoms with Crippen LogP contribution in [0, 0.1) is 11.6 Å². The number of rotatable bonds is 2. The Labute approximate surface area is 122 Å². The maximum atomic E-state index is 13.7. The number of hydrogen-bond donors (Lipinski definition) is 1. The monoisotopic (exact) mass is 308 g/mol. The number of hydrogen-bond acceptors (Lipinski definition) is 4. The van der Waals surface area contributed by atoms with Crippen molar-refractivity contribution in [3.63, 3.8) is 0 Å². The normalized spacial score (nSPS) is 10.8. The van der Waals surface area contributed by atoms with Crippen molar-refractivity contribution < 1.29 is 18.4 Å². The Bertz CT molecular complexity index is 800. The van der Waals surface area contributed by atoms with E-state index in [1.165, 1.54) is 24.3 Å². The predicted molar refractivity (Wildman–Crippen MR) is 71.8 cm³/mol. The van der Waals surface area contributed by atoms with Crippen LogP contribution in [0.5, 0.6) is 5.75 Å². The van der Waals surface area contributed by atoms with E-state index in [2.05, 4.69) is 10.1 Å². The second kappa shape index (κ2) is 5.14. The third-order valence-electron chi connectivity index (χ3n) is 2.80. The van der Waals surface area contributed by atoms with Crippen LogP contribution in [0.3, 0.4) is 0 Å². The molecule has 0 radical (unpaired) electrons. The van der Waals surface area contributed by atoms with Crippen molar-refractivity contribution in [3.8, 4) is 28.6 Å². The first-order valence-electron chi connectivity index (χ1n) is 5.83. The lowest BCUT2D eigenvalue weighted by atomic mass is 10.2. The number of phenols is 1. The van der Waals surface area contributed by atoms with Gasteiger partial charge in [-0.2, -0.15) is 4.98 Å². The number of aromatic hydroxyl groups is 1. The summed E-state index contributed by atoms with van der Waals surface area (Å²) in [6.45, 7) is 0. The average Bonchev–Trinajstić information content (AvgIpc) is 2.87. The van der Waals surface area contributed by atoms with E-state index in [-0.39, 0.29) is 28.1 Å². The molecule has 0 aliphatic rings. The Balaban J connectivity index is 2.08. The first kappa shape index (κ1) is 13.5. The minimum Gasteiger partial charge on any atom is -0.507 e. The summed E-state index contributed by atoms with van der Waals surface area (Å²) in [4.78, 5) is 3.98. The fraction of sp³-hybridized carbons (Fsp3) is 0. The lowest BCUT2D eigenvalue weighted by Gasteiger charge is -2.00. The topological polar surface area (TPSA) is 59.2 Å². The molecular weight excluding hydrogens is 302 g/mol. The molecule has 0 bridgehead atoms. The number of aromatic nitrogens is 2. The summed E-state index contributed by atoms with van der Waals surface area (Å²) in [6, 6.07) is 7.48. The standard InChI is InChI=1S/C14H7ClF2N2O2/c15-9-6-7(16)4-5-8(9)13-18-14(21-19-13)12-10(17)2-1-3-11(12)20/h1-6,20H. The van der Waals surface area contributed by atoms with Crippen LogP contribution in [-0.2, 0) is 0 Å². The zero-order valence-corrected chi connectivity index (χ0v) is 11.1. The van der Waals surface area contributed by atoms with Gasteiger partial charge >= 0.3 is 0 Å². The molecule has 0 unspecified atom stereocenters. The fourth-order valence-corrected chi connectivity index (χ4v) is 2.08. The molecule has 3 aromatic rings. The molecule has 1 heterocycles. The highest BCUT2D eigenvalue weighted by atomic mass is 35.5. The van der Waals surface area contributed by atoms with Gasteiger partial charge in [0.15, 0.2) is 0 Å². The molecule has 2 aromatic carbocycles. The van der Waals surface area contributed by atoms with Crippen LogP contribution in [-0.4, -0.2) is 15.2 Å². The molecular formula is C14H7ClF2N2O2. The van der Waals surface area contributed by atoms with E-state index in [0.717, 1.165) is 12.1 Å². The number of halogens is 3. The van der Waals surface area contributed by atoms with Gasteiger partial charge < -0.3 is 9.63 Å². The summed E-state index contributed by atoms with van der Waals surface area (Å²) in [5.41, 5.74) is 0.137. The third-order valence-corrected chi connectivity index (χ3v) is 3.12. The zero-order chi connectivity index (χ0) is 15.0. The van der Waals surface area contributed by atoms with Crippen LogP contribution in [0.25, 0.3) is 22.8 Å². The van der Waals surface area contributed by atoms with E-state index >= 15 is 0 Å². The lowest BCUT2D eigenvalue weighted by Crippen LogP contribution is -1.87. The molecule has 0 amide bonds. The van der Waals surface area contributed by atoms with E-state index in [4.69, 9.17) is 16.1 Å². The number of benzene rings is 2. The Hall–Kier alpha value is -2.47. The molecule has 0 saturated carbocycles. The van der Waals surface area contributed by atoms with Crippen LogP contribution in [0.1, 0.15) is 0 Å². The Morgan fingerprint density at radius 1 is 1.14 bits per heavy atom. The van der Waals surface area contributed by atoms with Gasteiger partial charge in [0.1, 0.15) is 22.9 Å². The maximum absolute atomic E-state index is 13.7. The first-order valence-corrected chi connectivity index (χ1v) is 6.21. The van der Waals surface area contributed by atoms with Gasteiger partial charge in [0, 0.05) is 5.56 Å². The molecule has 106 valence electrons. The van der Waals surface area contributed by atoms with Crippen LogP contribution in [0.4, 0.5) is 8.78 Å². The van der Waals surface area contributed by atoms with Crippen molar-refractivity contribution in [2.75, 3.05) is 0 Å². The summed E-state index contributed by atoms with van der Waals surface area (Å²) in [5, 5.41) is 13.4. The van der Waals surface area contributed by atoms with Crippen molar-refractivity contribution in [2.24, 2.45) is 0 Å². The van der Waals surface area contributed by atoms with Crippen molar-refractivity contribution in [2.45, 2.75) is 0 Å². The molecule has 1 aromatic heterocycles. The van der Waals surface area contributed by atoms with Crippen LogP contribution < -0.4 is 0 Å². The van der Waals surface area contributed by atoms with Crippen molar-refractivity contribution >= 4 is 11.6 Å². The lowest BCUT2D eigenvalue weighted by molar-refractivity contribution is 0.421. The summed E-state index contributed by atoms with van der Waals surface area (Å²) in [7, 11) is 0. The van der Waals surface area contributed by atoms with Gasteiger partial charge in [-0.1, -0.05) is 22.8 Å². The van der Waals surface area contributed by atoms with Gasteiger partial charge in [-0.15, -0.1) is 0 Å². The molecule has 7 heteroatoms. The maximum Gasteiger partial charge on any atom is 0.265 e. The SMILES string of the molecule is Oc1cccc(F)c1-c1nc(-c2ccc(F)cc2Cl)no1. The molecule has 0 spiro atoms. The van der Waals surface area contributed by atoms with E-state index in [1.54, 1.807) is 0 Å². The zero-order valence-electron chi connectivity index (χ0n) is 10.3. The molecule has 1 N–H and O–H groups in total. The highest BCUT2D eigenvalue weighted by Gasteiger charge is 2.19. The highest BCUT2D eigenvalue weighted by molar-refractivity contribution is 6.33. The quantitative estimate of drug-likeness (QED) is 0.776. The van der Waals surface area contributed by atoms with Crippen LogP contribution in [0.15, 0.2) is 40.9 Å². The minimum absolute atomic E-state index is 0.0673. The van der Waals surface area contributed by atoms with Gasteiger partial charge in [0.25, 0.3) is 5.89 Å². The third kappa shape index (κ3) is 2.45. The van der Waals surface area contributed by atoms with Gasteiger partial charge in [0.05, 0.1) is 5.02 Å². The molecule has 4 nitrogen and oxygen atoms in total. The molecule has 21 heavy (non-hydrogen) atoms. The van der Waals surface area contributed by atoms with Crippen molar-refractivity contribution in [1.29, 1.82) is 0 Å². The summed E-state index contributed by atoms with van der Waals surface area (Å²) in [5.74, 6) is -1.65. The summed E-state index contributed by atoms with van der Waals surface area (Å²) >= 11 is 5.90. The number of phenolic OH excluding ortho intramolecular Hbond substituents is 1. The molecule has 0 aliphatic carbocycles. The van der Waals surface area contributed by atoms with Gasteiger partial charge in [-0.05, 0) is 30.3 Å². The van der Waals surface area contributed by atoms with E-state index in [9.17, 15) is 13.9 Å². The van der Waals surface area contributed by atoms with Crippen LogP contribution >= 0.6 is 11.6 Å². The summed E-state index contributed by atoms with van der Waals surface area (Å²) in [6.07, 6.45) is 0. The molecule has 0 aliphatic heterocycles. The largest absolute Gasteiger partial charge is 0.507 e. The fourth-order valence-electron chi connectivity index (χ4n) is 1.83. The van der Waals surface area contributed by atoms with Crippen molar-refractivity contribution in [3.05, 3.63) is 53.1 Å².